The smallest absolute Gasteiger partial charge is 0.372 e. The van der Waals surface area contributed by atoms with Gasteiger partial charge < -0.3 is 5.11 Å². The van der Waals surface area contributed by atoms with E-state index in [-0.39, 0.29) is 0 Å². The van der Waals surface area contributed by atoms with Crippen LogP contribution in [0.5, 0.6) is 0 Å². The summed E-state index contributed by atoms with van der Waals surface area (Å²) >= 11 is 0. The Morgan fingerprint density at radius 1 is 1.17 bits per heavy atom. The van der Waals surface area contributed by atoms with Crippen molar-refractivity contribution in [2.45, 2.75) is 33.6 Å². The number of aliphatic carboxylic acids is 1. The molecule has 98 valence electrons. The van der Waals surface area contributed by atoms with Crippen LogP contribution in [0.2, 0.25) is 0 Å². The fourth-order valence-corrected chi connectivity index (χ4v) is 2.04. The summed E-state index contributed by atoms with van der Waals surface area (Å²) in [7, 11) is 0. The zero-order valence-electron chi connectivity index (χ0n) is 11.1. The molecule has 0 aromatic heterocycles. The average Bonchev–Trinajstić information content (AvgIpc) is 2.29. The molecule has 18 heavy (non-hydrogen) atoms. The lowest BCUT2D eigenvalue weighted by Crippen LogP contribution is -2.26. The summed E-state index contributed by atoms with van der Waals surface area (Å²) in [4.78, 5) is 22.5. The van der Waals surface area contributed by atoms with Gasteiger partial charge in [0.2, 0.25) is 5.78 Å². The lowest BCUT2D eigenvalue weighted by molar-refractivity contribution is -0.151. The highest BCUT2D eigenvalue weighted by molar-refractivity contribution is 6.33. The summed E-state index contributed by atoms with van der Waals surface area (Å²) in [6, 6.07) is 7.87. The summed E-state index contributed by atoms with van der Waals surface area (Å²) in [6.07, 6.45) is 1.11. The molecular weight excluding hydrogens is 228 g/mol. The van der Waals surface area contributed by atoms with Crippen molar-refractivity contribution in [1.29, 1.82) is 0 Å². The second-order valence-electron chi connectivity index (χ2n) is 5.19. The van der Waals surface area contributed by atoms with Crippen LogP contribution >= 0.6 is 0 Å². The number of ketones is 1. The Labute approximate surface area is 108 Å². The Hall–Kier alpha value is -1.64. The predicted octanol–water partition coefficient (Wildman–Crippen LogP) is 2.85. The lowest BCUT2D eigenvalue weighted by atomic mass is 9.87. The van der Waals surface area contributed by atoms with Crippen LogP contribution in [0.25, 0.3) is 0 Å². The van der Waals surface area contributed by atoms with Gasteiger partial charge in [0.05, 0.1) is 0 Å². The molecule has 0 heterocycles. The number of carbonyl (C=O) groups excluding carboxylic acids is 1. The summed E-state index contributed by atoms with van der Waals surface area (Å²) in [5.74, 6) is -2.12. The SMILES string of the molecule is Cc1ccc(C[C@H](CC(C)C)C(=O)C(=O)O)cc1. The number of carboxylic acids is 1. The van der Waals surface area contributed by atoms with Crippen LogP contribution in [-0.4, -0.2) is 16.9 Å². The normalized spacial score (nSPS) is 12.4. The largest absolute Gasteiger partial charge is 0.475 e. The Kier molecular flexibility index (Phi) is 5.08. The van der Waals surface area contributed by atoms with Gasteiger partial charge in [-0.25, -0.2) is 4.79 Å². The zero-order valence-corrected chi connectivity index (χ0v) is 11.1. The van der Waals surface area contributed by atoms with Gasteiger partial charge >= 0.3 is 5.97 Å². The summed E-state index contributed by atoms with van der Waals surface area (Å²) < 4.78 is 0. The lowest BCUT2D eigenvalue weighted by Gasteiger charge is -2.16. The minimum absolute atomic E-state index is 0.309. The molecule has 0 bridgehead atoms. The molecule has 0 amide bonds. The first-order chi connectivity index (χ1) is 8.40. The van der Waals surface area contributed by atoms with E-state index in [1.807, 2.05) is 45.0 Å². The van der Waals surface area contributed by atoms with E-state index in [1.165, 1.54) is 0 Å². The van der Waals surface area contributed by atoms with E-state index in [1.54, 1.807) is 0 Å². The first-order valence-electron chi connectivity index (χ1n) is 6.22. The third kappa shape index (κ3) is 4.32. The fourth-order valence-electron chi connectivity index (χ4n) is 2.04. The van der Waals surface area contributed by atoms with Crippen LogP contribution in [0.15, 0.2) is 24.3 Å². The van der Waals surface area contributed by atoms with Crippen molar-refractivity contribution in [1.82, 2.24) is 0 Å². The van der Waals surface area contributed by atoms with Crippen molar-refractivity contribution in [3.8, 4) is 0 Å². The van der Waals surface area contributed by atoms with Crippen LogP contribution < -0.4 is 0 Å². The molecule has 1 atom stereocenters. The van der Waals surface area contributed by atoms with Crippen molar-refractivity contribution in [3.63, 3.8) is 0 Å². The summed E-state index contributed by atoms with van der Waals surface area (Å²) in [5, 5.41) is 8.84. The quantitative estimate of drug-likeness (QED) is 0.787. The third-order valence-corrected chi connectivity index (χ3v) is 2.94. The van der Waals surface area contributed by atoms with E-state index < -0.39 is 17.7 Å². The molecule has 0 aliphatic heterocycles. The first kappa shape index (κ1) is 14.4. The van der Waals surface area contributed by atoms with Gasteiger partial charge in [-0.05, 0) is 31.2 Å². The standard InChI is InChI=1S/C15H20O3/c1-10(2)8-13(14(16)15(17)18)9-12-6-4-11(3)5-7-12/h4-7,10,13H,8-9H2,1-3H3,(H,17,18)/t13-/m0/s1. The number of benzene rings is 1. The molecule has 1 rings (SSSR count). The molecule has 0 aliphatic carbocycles. The van der Waals surface area contributed by atoms with Gasteiger partial charge in [-0.15, -0.1) is 0 Å². The van der Waals surface area contributed by atoms with E-state index >= 15 is 0 Å². The van der Waals surface area contributed by atoms with Crippen molar-refractivity contribution >= 4 is 11.8 Å². The molecule has 0 aliphatic rings. The van der Waals surface area contributed by atoms with Crippen LogP contribution in [0.4, 0.5) is 0 Å². The van der Waals surface area contributed by atoms with Gasteiger partial charge in [-0.1, -0.05) is 43.7 Å². The number of rotatable bonds is 6. The first-order valence-corrected chi connectivity index (χ1v) is 6.22. The monoisotopic (exact) mass is 248 g/mol. The highest BCUT2D eigenvalue weighted by Gasteiger charge is 2.25. The van der Waals surface area contributed by atoms with Gasteiger partial charge in [-0.2, -0.15) is 0 Å². The Morgan fingerprint density at radius 3 is 2.17 bits per heavy atom. The maximum atomic E-state index is 11.7. The third-order valence-electron chi connectivity index (χ3n) is 2.94. The second kappa shape index (κ2) is 6.34. The second-order valence-corrected chi connectivity index (χ2v) is 5.19. The van der Waals surface area contributed by atoms with E-state index in [2.05, 4.69) is 0 Å². The number of hydrogen-bond acceptors (Lipinski definition) is 2. The molecule has 0 radical (unpaired) electrons. The molecule has 0 saturated heterocycles. The molecule has 0 fully saturated rings. The Balaban J connectivity index is 2.81. The maximum absolute atomic E-state index is 11.7. The summed E-state index contributed by atoms with van der Waals surface area (Å²) in [6.45, 7) is 5.99. The Morgan fingerprint density at radius 2 is 1.72 bits per heavy atom. The van der Waals surface area contributed by atoms with Crippen LogP contribution in [0, 0.1) is 18.8 Å². The molecule has 1 aromatic carbocycles. The number of carbonyl (C=O) groups is 2. The Bertz CT molecular complexity index is 418. The van der Waals surface area contributed by atoms with Gasteiger partial charge in [-0.3, -0.25) is 4.79 Å². The van der Waals surface area contributed by atoms with Gasteiger partial charge in [0.15, 0.2) is 0 Å². The number of aryl methyl sites for hydroxylation is 1. The minimum Gasteiger partial charge on any atom is -0.475 e. The van der Waals surface area contributed by atoms with Gasteiger partial charge in [0, 0.05) is 5.92 Å². The molecule has 1 aromatic rings. The average molecular weight is 248 g/mol. The van der Waals surface area contributed by atoms with Crippen LogP contribution in [0.1, 0.15) is 31.4 Å². The van der Waals surface area contributed by atoms with Crippen molar-refractivity contribution in [2.24, 2.45) is 11.8 Å². The number of Topliss-reactive ketones (excluding diaryl/α,β-unsaturated/α-hetero) is 1. The fraction of sp³-hybridized carbons (Fsp3) is 0.467. The molecular formula is C15H20O3. The molecule has 3 nitrogen and oxygen atoms in total. The van der Waals surface area contributed by atoms with Crippen molar-refractivity contribution in [2.75, 3.05) is 0 Å². The maximum Gasteiger partial charge on any atom is 0.372 e. The van der Waals surface area contributed by atoms with Crippen LogP contribution in [0.3, 0.4) is 0 Å². The molecule has 1 N–H and O–H groups in total. The summed E-state index contributed by atoms with van der Waals surface area (Å²) in [5.41, 5.74) is 2.17. The van der Waals surface area contributed by atoms with Crippen molar-refractivity contribution in [3.05, 3.63) is 35.4 Å². The van der Waals surface area contributed by atoms with E-state index in [0.717, 1.165) is 11.1 Å². The highest BCUT2D eigenvalue weighted by atomic mass is 16.4. The number of hydrogen-bond donors (Lipinski definition) is 1. The van der Waals surface area contributed by atoms with E-state index in [9.17, 15) is 9.59 Å². The van der Waals surface area contributed by atoms with E-state index in [4.69, 9.17) is 5.11 Å². The predicted molar refractivity (Wildman–Crippen MR) is 70.5 cm³/mol. The van der Waals surface area contributed by atoms with Crippen molar-refractivity contribution < 1.29 is 14.7 Å². The highest BCUT2D eigenvalue weighted by Crippen LogP contribution is 2.19. The van der Waals surface area contributed by atoms with Crippen LogP contribution in [-0.2, 0) is 16.0 Å². The van der Waals surface area contributed by atoms with Gasteiger partial charge in [0.1, 0.15) is 0 Å². The minimum atomic E-state index is -1.33. The molecule has 0 spiro atoms. The van der Waals surface area contributed by atoms with E-state index in [0.29, 0.717) is 18.8 Å². The topological polar surface area (TPSA) is 54.4 Å². The zero-order chi connectivity index (χ0) is 13.7. The molecule has 0 unspecified atom stereocenters. The molecule has 0 saturated carbocycles. The molecule has 3 heteroatoms. The van der Waals surface area contributed by atoms with Gasteiger partial charge in [0.25, 0.3) is 0 Å². The number of carboxylic acid groups (broad SMARTS) is 1.